The fourth-order valence-electron chi connectivity index (χ4n) is 2.51. The van der Waals surface area contributed by atoms with E-state index in [0.29, 0.717) is 12.2 Å². The molecular formula is C21H26N2O2. The Kier molecular flexibility index (Phi) is 7.23. The highest BCUT2D eigenvalue weighted by Crippen LogP contribution is 2.16. The molecule has 2 aromatic carbocycles. The molecule has 0 atom stereocenters. The van der Waals surface area contributed by atoms with E-state index in [2.05, 4.69) is 36.7 Å². The number of nitrogens with one attached hydrogen (secondary N) is 1. The zero-order chi connectivity index (χ0) is 18.1. The summed E-state index contributed by atoms with van der Waals surface area (Å²) in [6.45, 7) is 11.3. The number of rotatable bonds is 9. The molecule has 1 amide bonds. The van der Waals surface area contributed by atoms with E-state index in [0.717, 1.165) is 31.1 Å². The van der Waals surface area contributed by atoms with E-state index >= 15 is 0 Å². The lowest BCUT2D eigenvalue weighted by Crippen LogP contribution is -2.22. The number of hydrogen-bond acceptors (Lipinski definition) is 3. The lowest BCUT2D eigenvalue weighted by molar-refractivity contribution is 0.102. The maximum Gasteiger partial charge on any atom is 0.255 e. The maximum atomic E-state index is 12.4. The first-order valence-electron chi connectivity index (χ1n) is 8.62. The van der Waals surface area contributed by atoms with Crippen LogP contribution in [0.15, 0.2) is 61.2 Å². The Labute approximate surface area is 150 Å². The summed E-state index contributed by atoms with van der Waals surface area (Å²) in [6.07, 6.45) is 1.69. The molecule has 0 saturated heterocycles. The highest BCUT2D eigenvalue weighted by molar-refractivity contribution is 6.04. The quantitative estimate of drug-likeness (QED) is 0.691. The van der Waals surface area contributed by atoms with Crippen LogP contribution in [0.1, 0.15) is 29.8 Å². The first-order chi connectivity index (χ1) is 12.2. The molecule has 1 N–H and O–H groups in total. The molecule has 4 nitrogen and oxygen atoms in total. The van der Waals surface area contributed by atoms with Crippen molar-refractivity contribution in [2.24, 2.45) is 0 Å². The Morgan fingerprint density at radius 1 is 1.16 bits per heavy atom. The predicted molar refractivity (Wildman–Crippen MR) is 103 cm³/mol. The minimum atomic E-state index is -0.129. The van der Waals surface area contributed by atoms with Gasteiger partial charge in [-0.15, -0.1) is 0 Å². The Morgan fingerprint density at radius 3 is 2.52 bits per heavy atom. The smallest absolute Gasteiger partial charge is 0.255 e. The van der Waals surface area contributed by atoms with E-state index in [1.165, 1.54) is 5.56 Å². The summed E-state index contributed by atoms with van der Waals surface area (Å²) in [7, 11) is 0. The molecule has 0 aliphatic carbocycles. The first-order valence-corrected chi connectivity index (χ1v) is 8.62. The molecule has 0 radical (unpaired) electrons. The van der Waals surface area contributed by atoms with Crippen LogP contribution in [-0.4, -0.2) is 30.5 Å². The largest absolute Gasteiger partial charge is 0.490 e. The van der Waals surface area contributed by atoms with Crippen LogP contribution in [0.4, 0.5) is 5.69 Å². The van der Waals surface area contributed by atoms with Crippen LogP contribution in [-0.2, 0) is 6.54 Å². The van der Waals surface area contributed by atoms with Crippen molar-refractivity contribution < 1.29 is 9.53 Å². The molecule has 0 unspecified atom stereocenters. The van der Waals surface area contributed by atoms with Crippen molar-refractivity contribution in [1.82, 2.24) is 4.90 Å². The molecule has 2 rings (SSSR count). The Hall–Kier alpha value is -2.59. The Balaban J connectivity index is 2.01. The summed E-state index contributed by atoms with van der Waals surface area (Å²) in [4.78, 5) is 14.7. The van der Waals surface area contributed by atoms with Crippen molar-refractivity contribution in [2.75, 3.05) is 25.0 Å². The van der Waals surface area contributed by atoms with Crippen LogP contribution in [0, 0.1) is 0 Å². The molecule has 132 valence electrons. The van der Waals surface area contributed by atoms with Gasteiger partial charge in [-0.3, -0.25) is 9.69 Å². The van der Waals surface area contributed by atoms with Crippen molar-refractivity contribution in [3.8, 4) is 5.75 Å². The van der Waals surface area contributed by atoms with Gasteiger partial charge in [0.2, 0.25) is 0 Å². The van der Waals surface area contributed by atoms with Crippen molar-refractivity contribution in [1.29, 1.82) is 0 Å². The van der Waals surface area contributed by atoms with Gasteiger partial charge in [-0.1, -0.05) is 38.6 Å². The molecule has 0 heterocycles. The maximum absolute atomic E-state index is 12.4. The molecule has 0 fully saturated rings. The van der Waals surface area contributed by atoms with Crippen LogP contribution < -0.4 is 10.1 Å². The number of hydrogen-bond donors (Lipinski definition) is 1. The van der Waals surface area contributed by atoms with E-state index in [-0.39, 0.29) is 5.91 Å². The molecule has 25 heavy (non-hydrogen) atoms. The second-order valence-corrected chi connectivity index (χ2v) is 5.74. The van der Waals surface area contributed by atoms with Gasteiger partial charge in [-0.05, 0) is 55.1 Å². The zero-order valence-electron chi connectivity index (χ0n) is 15.0. The normalized spacial score (nSPS) is 10.5. The van der Waals surface area contributed by atoms with Gasteiger partial charge in [0.05, 0.1) is 0 Å². The fourth-order valence-corrected chi connectivity index (χ4v) is 2.51. The van der Waals surface area contributed by atoms with Crippen molar-refractivity contribution in [3.05, 3.63) is 72.3 Å². The SMILES string of the molecule is C=CCOc1ccc(C(=O)Nc2cccc(CN(CC)CC)c2)cc1. The topological polar surface area (TPSA) is 41.6 Å². The van der Waals surface area contributed by atoms with Crippen molar-refractivity contribution >= 4 is 11.6 Å². The van der Waals surface area contributed by atoms with Crippen LogP contribution >= 0.6 is 0 Å². The monoisotopic (exact) mass is 338 g/mol. The Morgan fingerprint density at radius 2 is 1.88 bits per heavy atom. The summed E-state index contributed by atoms with van der Waals surface area (Å²) >= 11 is 0. The first kappa shape index (κ1) is 18.7. The number of carbonyl (C=O) groups is 1. The van der Waals surface area contributed by atoms with Crippen LogP contribution in [0.5, 0.6) is 5.75 Å². The van der Waals surface area contributed by atoms with E-state index in [1.54, 1.807) is 30.3 Å². The summed E-state index contributed by atoms with van der Waals surface area (Å²) in [6, 6.07) is 15.1. The second kappa shape index (κ2) is 9.64. The van der Waals surface area contributed by atoms with Gasteiger partial charge in [0.15, 0.2) is 0 Å². The second-order valence-electron chi connectivity index (χ2n) is 5.74. The van der Waals surface area contributed by atoms with Crippen LogP contribution in [0.25, 0.3) is 0 Å². The fraction of sp³-hybridized carbons (Fsp3) is 0.286. The third kappa shape index (κ3) is 5.76. The molecule has 0 saturated carbocycles. The molecule has 0 aliphatic heterocycles. The number of amides is 1. The third-order valence-corrected chi connectivity index (χ3v) is 3.97. The third-order valence-electron chi connectivity index (χ3n) is 3.97. The zero-order valence-corrected chi connectivity index (χ0v) is 15.0. The molecule has 2 aromatic rings. The lowest BCUT2D eigenvalue weighted by Gasteiger charge is -2.18. The summed E-state index contributed by atoms with van der Waals surface area (Å²) < 4.78 is 5.43. The van der Waals surface area contributed by atoms with E-state index in [1.807, 2.05) is 18.2 Å². The van der Waals surface area contributed by atoms with Gasteiger partial charge in [0, 0.05) is 17.8 Å². The van der Waals surface area contributed by atoms with Gasteiger partial charge in [0.25, 0.3) is 5.91 Å². The molecule has 0 aliphatic rings. The minimum Gasteiger partial charge on any atom is -0.490 e. The average molecular weight is 338 g/mol. The van der Waals surface area contributed by atoms with Crippen molar-refractivity contribution in [2.45, 2.75) is 20.4 Å². The molecule has 0 aromatic heterocycles. The van der Waals surface area contributed by atoms with Gasteiger partial charge >= 0.3 is 0 Å². The summed E-state index contributed by atoms with van der Waals surface area (Å²) in [5.74, 6) is 0.591. The molecule has 4 heteroatoms. The predicted octanol–water partition coefficient (Wildman–Crippen LogP) is 4.35. The van der Waals surface area contributed by atoms with E-state index in [4.69, 9.17) is 4.74 Å². The highest BCUT2D eigenvalue weighted by atomic mass is 16.5. The summed E-state index contributed by atoms with van der Waals surface area (Å²) in [5, 5.41) is 2.96. The number of carbonyl (C=O) groups excluding carboxylic acids is 1. The van der Waals surface area contributed by atoms with Gasteiger partial charge in [-0.25, -0.2) is 0 Å². The van der Waals surface area contributed by atoms with E-state index < -0.39 is 0 Å². The van der Waals surface area contributed by atoms with Crippen molar-refractivity contribution in [3.63, 3.8) is 0 Å². The average Bonchev–Trinajstić information content (AvgIpc) is 2.65. The van der Waals surface area contributed by atoms with Gasteiger partial charge in [0.1, 0.15) is 12.4 Å². The van der Waals surface area contributed by atoms with E-state index in [9.17, 15) is 4.79 Å². The van der Waals surface area contributed by atoms with Gasteiger partial charge < -0.3 is 10.1 Å². The number of nitrogens with zero attached hydrogens (tertiary/aromatic N) is 1. The molecule has 0 bridgehead atoms. The van der Waals surface area contributed by atoms with Gasteiger partial charge in [-0.2, -0.15) is 0 Å². The Bertz CT molecular complexity index is 691. The minimum absolute atomic E-state index is 0.129. The summed E-state index contributed by atoms with van der Waals surface area (Å²) in [5.41, 5.74) is 2.59. The molecular weight excluding hydrogens is 312 g/mol. The highest BCUT2D eigenvalue weighted by Gasteiger charge is 2.08. The standard InChI is InChI=1S/C21H26N2O2/c1-4-14-25-20-12-10-18(11-13-20)21(24)22-19-9-7-8-17(15-19)16-23(5-2)6-3/h4,7-13,15H,1,5-6,14,16H2,2-3H3,(H,22,24). The number of anilines is 1. The molecule has 0 spiro atoms. The lowest BCUT2D eigenvalue weighted by atomic mass is 10.1. The number of ether oxygens (including phenoxy) is 1. The van der Waals surface area contributed by atoms with Crippen LogP contribution in [0.3, 0.4) is 0 Å². The van der Waals surface area contributed by atoms with Crippen LogP contribution in [0.2, 0.25) is 0 Å². The number of benzene rings is 2.